The zero-order valence-corrected chi connectivity index (χ0v) is 9.32. The Hall–Kier alpha value is -1.28. The zero-order chi connectivity index (χ0) is 12.2. The summed E-state index contributed by atoms with van der Waals surface area (Å²) in [7, 11) is 1.20. The van der Waals surface area contributed by atoms with Crippen LogP contribution in [0.25, 0.3) is 0 Å². The lowest BCUT2D eigenvalue weighted by Gasteiger charge is -2.11. The van der Waals surface area contributed by atoms with E-state index in [0.29, 0.717) is 11.3 Å². The summed E-state index contributed by atoms with van der Waals surface area (Å²) in [5.41, 5.74) is -0.525. The highest BCUT2D eigenvalue weighted by molar-refractivity contribution is 7.80. The lowest BCUT2D eigenvalue weighted by atomic mass is 10.1. The minimum atomic E-state index is -4.44. The van der Waals surface area contributed by atoms with Crippen molar-refractivity contribution < 1.29 is 17.9 Å². The van der Waals surface area contributed by atoms with Crippen LogP contribution < -0.4 is 4.74 Å². The van der Waals surface area contributed by atoms with Crippen molar-refractivity contribution in [2.24, 2.45) is 0 Å². The van der Waals surface area contributed by atoms with Gasteiger partial charge in [0.15, 0.2) is 0 Å². The number of rotatable bonds is 1. The average molecular weight is 246 g/mol. The first-order valence-corrected chi connectivity index (χ1v) is 4.97. The topological polar surface area (TPSA) is 9.23 Å². The van der Waals surface area contributed by atoms with Gasteiger partial charge >= 0.3 is 6.18 Å². The van der Waals surface area contributed by atoms with Crippen LogP contribution in [0, 0.1) is 11.8 Å². The van der Waals surface area contributed by atoms with Crippen molar-refractivity contribution >= 4 is 12.6 Å². The van der Waals surface area contributed by atoms with Crippen molar-refractivity contribution in [1.29, 1.82) is 0 Å². The zero-order valence-electron chi connectivity index (χ0n) is 8.43. The predicted octanol–water partition coefficient (Wildman–Crippen LogP) is 3.00. The van der Waals surface area contributed by atoms with Crippen LogP contribution in [0.15, 0.2) is 18.2 Å². The van der Waals surface area contributed by atoms with Gasteiger partial charge in [0.1, 0.15) is 5.75 Å². The Kier molecular flexibility index (Phi) is 4.13. The molecule has 0 saturated carbocycles. The first kappa shape index (κ1) is 12.8. The number of hydrogen-bond acceptors (Lipinski definition) is 2. The van der Waals surface area contributed by atoms with Gasteiger partial charge in [-0.25, -0.2) is 0 Å². The van der Waals surface area contributed by atoms with E-state index in [9.17, 15) is 13.2 Å². The van der Waals surface area contributed by atoms with Crippen molar-refractivity contribution in [2.45, 2.75) is 6.18 Å². The third-order valence-electron chi connectivity index (χ3n) is 1.82. The van der Waals surface area contributed by atoms with Gasteiger partial charge in [-0.05, 0) is 18.2 Å². The first-order valence-electron chi connectivity index (χ1n) is 4.34. The minimum Gasteiger partial charge on any atom is -0.496 e. The lowest BCUT2D eigenvalue weighted by molar-refractivity contribution is -0.138. The summed E-state index contributed by atoms with van der Waals surface area (Å²) in [4.78, 5) is 0. The molecular formula is C11H9F3OS. The highest BCUT2D eigenvalue weighted by Gasteiger charge is 2.34. The van der Waals surface area contributed by atoms with Gasteiger partial charge in [-0.3, -0.25) is 0 Å². The van der Waals surface area contributed by atoms with E-state index < -0.39 is 11.7 Å². The molecule has 16 heavy (non-hydrogen) atoms. The van der Waals surface area contributed by atoms with Crippen LogP contribution in [-0.4, -0.2) is 12.9 Å². The predicted molar refractivity (Wildman–Crippen MR) is 58.7 cm³/mol. The quantitative estimate of drug-likeness (QED) is 0.592. The third-order valence-corrected chi connectivity index (χ3v) is 1.97. The fraction of sp³-hybridized carbons (Fsp3) is 0.273. The van der Waals surface area contributed by atoms with E-state index in [1.807, 2.05) is 0 Å². The second kappa shape index (κ2) is 5.17. The van der Waals surface area contributed by atoms with Gasteiger partial charge in [-0.15, -0.1) is 0 Å². The summed E-state index contributed by atoms with van der Waals surface area (Å²) in [5.74, 6) is 5.26. The standard InChI is InChI=1S/C11H9F3OS/c1-15-10-5-4-8(3-2-6-16)7-9(10)11(12,13)14/h4-5,7,16H,6H2,1H3. The maximum atomic E-state index is 12.6. The van der Waals surface area contributed by atoms with E-state index in [1.54, 1.807) is 0 Å². The van der Waals surface area contributed by atoms with Crippen LogP contribution in [0.5, 0.6) is 5.75 Å². The molecule has 0 aliphatic carbocycles. The molecule has 86 valence electrons. The van der Waals surface area contributed by atoms with Crippen LogP contribution in [0.3, 0.4) is 0 Å². The van der Waals surface area contributed by atoms with Gasteiger partial charge in [0.2, 0.25) is 0 Å². The molecule has 0 saturated heterocycles. The maximum Gasteiger partial charge on any atom is 0.420 e. The molecule has 0 amide bonds. The minimum absolute atomic E-state index is 0.205. The third kappa shape index (κ3) is 3.11. The molecule has 0 fully saturated rings. The number of thiol groups is 1. The summed E-state index contributed by atoms with van der Waals surface area (Å²) in [6, 6.07) is 3.70. The smallest absolute Gasteiger partial charge is 0.420 e. The molecule has 0 aliphatic heterocycles. The fourth-order valence-corrected chi connectivity index (χ4v) is 1.23. The summed E-state index contributed by atoms with van der Waals surface area (Å²) < 4.78 is 42.4. The van der Waals surface area contributed by atoms with Crippen molar-refractivity contribution in [3.8, 4) is 17.6 Å². The van der Waals surface area contributed by atoms with Crippen molar-refractivity contribution in [3.63, 3.8) is 0 Å². The number of benzene rings is 1. The molecule has 0 N–H and O–H groups in total. The molecule has 0 unspecified atom stereocenters. The Bertz CT molecular complexity index is 429. The lowest BCUT2D eigenvalue weighted by Crippen LogP contribution is -2.07. The molecule has 1 aromatic carbocycles. The molecule has 0 radical (unpaired) electrons. The van der Waals surface area contributed by atoms with Crippen LogP contribution in [0.1, 0.15) is 11.1 Å². The van der Waals surface area contributed by atoms with Crippen LogP contribution in [0.2, 0.25) is 0 Å². The Labute approximate surface area is 97.0 Å². The number of ether oxygens (including phenoxy) is 1. The SMILES string of the molecule is COc1ccc(C#CCS)cc1C(F)(F)F. The number of methoxy groups -OCH3 is 1. The van der Waals surface area contributed by atoms with Crippen molar-refractivity contribution in [2.75, 3.05) is 12.9 Å². The molecule has 1 nitrogen and oxygen atoms in total. The number of hydrogen-bond donors (Lipinski definition) is 1. The largest absolute Gasteiger partial charge is 0.496 e. The van der Waals surface area contributed by atoms with E-state index in [1.165, 1.54) is 19.2 Å². The van der Waals surface area contributed by atoms with Gasteiger partial charge in [-0.1, -0.05) is 11.8 Å². The van der Waals surface area contributed by atoms with Gasteiger partial charge in [0.25, 0.3) is 0 Å². The molecule has 0 heterocycles. The van der Waals surface area contributed by atoms with E-state index in [4.69, 9.17) is 0 Å². The summed E-state index contributed by atoms with van der Waals surface area (Å²) >= 11 is 3.85. The van der Waals surface area contributed by atoms with Gasteiger partial charge in [0, 0.05) is 5.56 Å². The van der Waals surface area contributed by atoms with Crippen molar-refractivity contribution in [1.82, 2.24) is 0 Å². The molecule has 0 spiro atoms. The summed E-state index contributed by atoms with van der Waals surface area (Å²) in [6.45, 7) is 0. The fourth-order valence-electron chi connectivity index (χ4n) is 1.15. The van der Waals surface area contributed by atoms with E-state index in [-0.39, 0.29) is 5.75 Å². The molecular weight excluding hydrogens is 237 g/mol. The molecule has 0 bridgehead atoms. The number of alkyl halides is 3. The van der Waals surface area contributed by atoms with E-state index >= 15 is 0 Å². The maximum absolute atomic E-state index is 12.6. The van der Waals surface area contributed by atoms with E-state index in [2.05, 4.69) is 29.2 Å². The summed E-state index contributed by atoms with van der Waals surface area (Å²) in [6.07, 6.45) is -4.44. The molecule has 0 aromatic heterocycles. The monoisotopic (exact) mass is 246 g/mol. The molecule has 0 atom stereocenters. The Morgan fingerprint density at radius 3 is 2.56 bits per heavy atom. The number of halogens is 3. The van der Waals surface area contributed by atoms with Crippen LogP contribution >= 0.6 is 12.6 Å². The van der Waals surface area contributed by atoms with E-state index in [0.717, 1.165) is 6.07 Å². The second-order valence-electron chi connectivity index (χ2n) is 2.87. The Morgan fingerprint density at radius 2 is 2.06 bits per heavy atom. The van der Waals surface area contributed by atoms with Gasteiger partial charge in [-0.2, -0.15) is 25.8 Å². The highest BCUT2D eigenvalue weighted by Crippen LogP contribution is 2.36. The molecule has 1 aromatic rings. The second-order valence-corrected chi connectivity index (χ2v) is 3.19. The van der Waals surface area contributed by atoms with Gasteiger partial charge < -0.3 is 4.74 Å². The van der Waals surface area contributed by atoms with Crippen LogP contribution in [0.4, 0.5) is 13.2 Å². The van der Waals surface area contributed by atoms with Crippen LogP contribution in [-0.2, 0) is 6.18 Å². The van der Waals surface area contributed by atoms with Gasteiger partial charge in [0.05, 0.1) is 18.4 Å². The Balaban J connectivity index is 3.22. The highest BCUT2D eigenvalue weighted by atomic mass is 32.1. The molecule has 5 heteroatoms. The normalized spacial score (nSPS) is 10.6. The Morgan fingerprint density at radius 1 is 1.38 bits per heavy atom. The average Bonchev–Trinajstić information content (AvgIpc) is 2.24. The molecule has 0 aliphatic rings. The summed E-state index contributed by atoms with van der Waals surface area (Å²) in [5, 5.41) is 0. The van der Waals surface area contributed by atoms with Crippen molar-refractivity contribution in [3.05, 3.63) is 29.3 Å². The first-order chi connectivity index (χ1) is 7.49. The molecule has 1 rings (SSSR count).